The number of nitrogens with one attached hydrogen (secondary N) is 1. The van der Waals surface area contributed by atoms with Crippen LogP contribution < -0.4 is 5.32 Å². The minimum Gasteiger partial charge on any atom is -0.467 e. The molecule has 1 unspecified atom stereocenters. The van der Waals surface area contributed by atoms with Gasteiger partial charge in [0.15, 0.2) is 0 Å². The van der Waals surface area contributed by atoms with E-state index in [9.17, 15) is 14.4 Å². The fourth-order valence-corrected chi connectivity index (χ4v) is 3.91. The van der Waals surface area contributed by atoms with Gasteiger partial charge in [0, 0.05) is 31.1 Å². The number of esters is 1. The number of likely N-dealkylation sites (tertiary alicyclic amines) is 1. The Morgan fingerprint density at radius 2 is 2.04 bits per heavy atom. The average Bonchev–Trinajstić information content (AvgIpc) is 2.66. The van der Waals surface area contributed by atoms with Gasteiger partial charge in [0.25, 0.3) is 0 Å². The van der Waals surface area contributed by atoms with Crippen LogP contribution in [-0.2, 0) is 14.3 Å². The molecule has 8 nitrogen and oxygen atoms in total. The first-order chi connectivity index (χ1) is 12.8. The molecule has 2 saturated heterocycles. The van der Waals surface area contributed by atoms with E-state index in [1.54, 1.807) is 21.6 Å². The molecule has 0 aromatic rings. The Morgan fingerprint density at radius 3 is 2.63 bits per heavy atom. The Morgan fingerprint density at radius 1 is 1.37 bits per heavy atom. The summed E-state index contributed by atoms with van der Waals surface area (Å²) in [5, 5.41) is 2.78. The lowest BCUT2D eigenvalue weighted by molar-refractivity contribution is -0.142. The normalized spacial score (nSPS) is 21.4. The molecule has 0 spiro atoms. The zero-order chi connectivity index (χ0) is 20.0. The van der Waals surface area contributed by atoms with Crippen LogP contribution in [0.2, 0.25) is 0 Å². The number of ether oxygens (including phenoxy) is 2. The van der Waals surface area contributed by atoms with Gasteiger partial charge in [-0.3, -0.25) is 0 Å². The van der Waals surface area contributed by atoms with E-state index >= 15 is 0 Å². The molecule has 2 heterocycles. The Hall–Kier alpha value is -1.64. The lowest BCUT2D eigenvalue weighted by Gasteiger charge is -2.44. The van der Waals surface area contributed by atoms with Crippen LogP contribution in [0.3, 0.4) is 0 Å². The highest BCUT2D eigenvalue weighted by Crippen LogP contribution is 2.28. The lowest BCUT2D eigenvalue weighted by atomic mass is 9.91. The number of urea groups is 1. The van der Waals surface area contributed by atoms with E-state index in [0.29, 0.717) is 45.5 Å². The fourth-order valence-electron chi connectivity index (χ4n) is 3.44. The average molecular weight is 402 g/mol. The minimum atomic E-state index is -0.634. The first kappa shape index (κ1) is 21.7. The summed E-state index contributed by atoms with van der Waals surface area (Å²) in [6, 6.07) is -0.814. The van der Waals surface area contributed by atoms with Gasteiger partial charge >= 0.3 is 18.1 Å². The molecule has 27 heavy (non-hydrogen) atoms. The number of hydrogen-bond acceptors (Lipinski definition) is 6. The van der Waals surface area contributed by atoms with E-state index in [0.717, 1.165) is 5.75 Å². The molecule has 0 aromatic heterocycles. The zero-order valence-corrected chi connectivity index (χ0v) is 17.5. The maximum absolute atomic E-state index is 12.5. The molecule has 2 aliphatic heterocycles. The smallest absolute Gasteiger partial charge is 0.410 e. The van der Waals surface area contributed by atoms with Gasteiger partial charge in [-0.15, -0.1) is 0 Å². The number of nitrogens with zero attached hydrogens (tertiary/aromatic N) is 2. The first-order valence-corrected chi connectivity index (χ1v) is 10.7. The maximum Gasteiger partial charge on any atom is 0.410 e. The van der Waals surface area contributed by atoms with Crippen LogP contribution >= 0.6 is 11.8 Å². The number of piperidine rings is 1. The second kappa shape index (κ2) is 9.52. The molecule has 0 aromatic carbocycles. The summed E-state index contributed by atoms with van der Waals surface area (Å²) in [7, 11) is 1.32. The van der Waals surface area contributed by atoms with Gasteiger partial charge in [-0.25, -0.2) is 14.4 Å². The summed E-state index contributed by atoms with van der Waals surface area (Å²) in [6.45, 7) is 6.34. The molecule has 2 aliphatic rings. The predicted molar refractivity (Wildman–Crippen MR) is 104 cm³/mol. The van der Waals surface area contributed by atoms with Gasteiger partial charge in [0.1, 0.15) is 6.04 Å². The number of cyclic esters (lactones) is 1. The number of carbonyl (C=O) groups excluding carboxylic acids is 3. The summed E-state index contributed by atoms with van der Waals surface area (Å²) in [6.07, 6.45) is 3.62. The van der Waals surface area contributed by atoms with Gasteiger partial charge in [-0.1, -0.05) is 13.8 Å². The van der Waals surface area contributed by atoms with Crippen molar-refractivity contribution in [2.24, 2.45) is 5.41 Å². The SMILES string of the molecule is COC(=O)C(CCSC)NC(=O)N1CCC(N2CC(C)(C)COC2=O)CC1. The van der Waals surface area contributed by atoms with Crippen LogP contribution in [0.4, 0.5) is 9.59 Å². The molecule has 1 N–H and O–H groups in total. The van der Waals surface area contributed by atoms with Crippen LogP contribution in [0.15, 0.2) is 0 Å². The molecule has 9 heteroatoms. The molecular formula is C18H31N3O5S. The van der Waals surface area contributed by atoms with Crippen molar-refractivity contribution in [2.75, 3.05) is 45.4 Å². The first-order valence-electron chi connectivity index (χ1n) is 9.33. The lowest BCUT2D eigenvalue weighted by Crippen LogP contribution is -2.56. The second-order valence-electron chi connectivity index (χ2n) is 7.87. The van der Waals surface area contributed by atoms with Crippen molar-refractivity contribution >= 4 is 29.9 Å². The number of thioether (sulfide) groups is 1. The molecule has 0 bridgehead atoms. The van der Waals surface area contributed by atoms with E-state index < -0.39 is 12.0 Å². The highest BCUT2D eigenvalue weighted by atomic mass is 32.2. The Labute approximate surface area is 165 Å². The van der Waals surface area contributed by atoms with Crippen molar-refractivity contribution in [2.45, 2.75) is 45.2 Å². The Bertz CT molecular complexity index is 549. The third-order valence-electron chi connectivity index (χ3n) is 5.01. The topological polar surface area (TPSA) is 88.2 Å². The summed E-state index contributed by atoms with van der Waals surface area (Å²) >= 11 is 1.61. The highest BCUT2D eigenvalue weighted by molar-refractivity contribution is 7.98. The molecule has 2 rings (SSSR count). The summed E-state index contributed by atoms with van der Waals surface area (Å²) < 4.78 is 10.1. The van der Waals surface area contributed by atoms with Crippen molar-refractivity contribution in [3.05, 3.63) is 0 Å². The van der Waals surface area contributed by atoms with E-state index in [1.807, 2.05) is 6.26 Å². The van der Waals surface area contributed by atoms with Crippen LogP contribution in [-0.4, -0.2) is 85.3 Å². The van der Waals surface area contributed by atoms with E-state index in [2.05, 4.69) is 19.2 Å². The third-order valence-corrected chi connectivity index (χ3v) is 5.65. The summed E-state index contributed by atoms with van der Waals surface area (Å²) in [5.41, 5.74) is -0.0621. The van der Waals surface area contributed by atoms with Crippen LogP contribution in [0.1, 0.15) is 33.1 Å². The summed E-state index contributed by atoms with van der Waals surface area (Å²) in [5.74, 6) is 0.334. The highest BCUT2D eigenvalue weighted by Gasteiger charge is 2.38. The monoisotopic (exact) mass is 401 g/mol. The number of hydrogen-bond donors (Lipinski definition) is 1. The molecule has 0 saturated carbocycles. The Balaban J connectivity index is 1.87. The number of methoxy groups -OCH3 is 1. The predicted octanol–water partition coefficient (Wildman–Crippen LogP) is 1.93. The largest absolute Gasteiger partial charge is 0.467 e. The molecule has 0 radical (unpaired) electrons. The summed E-state index contributed by atoms with van der Waals surface area (Å²) in [4.78, 5) is 40.0. The molecule has 154 valence electrons. The van der Waals surface area contributed by atoms with E-state index in [4.69, 9.17) is 9.47 Å². The fraction of sp³-hybridized carbons (Fsp3) is 0.833. The van der Waals surface area contributed by atoms with Gasteiger partial charge in [0.2, 0.25) is 0 Å². The maximum atomic E-state index is 12.5. The molecule has 0 aliphatic carbocycles. The molecule has 3 amide bonds. The second-order valence-corrected chi connectivity index (χ2v) is 8.86. The van der Waals surface area contributed by atoms with Crippen molar-refractivity contribution in [1.29, 1.82) is 0 Å². The standard InChI is InChI=1S/C18H31N3O5S/c1-18(2)11-21(17(24)26-12-18)13-5-8-20(9-6-13)16(23)19-14(7-10-27-4)15(22)25-3/h13-14H,5-12H2,1-4H3,(H,19,23). The number of carbonyl (C=O) groups is 3. The van der Waals surface area contributed by atoms with Crippen molar-refractivity contribution in [1.82, 2.24) is 15.1 Å². The minimum absolute atomic E-state index is 0.0621. The Kier molecular flexibility index (Phi) is 7.64. The van der Waals surface area contributed by atoms with Gasteiger partial charge in [-0.05, 0) is 31.3 Å². The van der Waals surface area contributed by atoms with Gasteiger partial charge in [-0.2, -0.15) is 11.8 Å². The number of amides is 3. The van der Waals surface area contributed by atoms with Crippen molar-refractivity contribution < 1.29 is 23.9 Å². The van der Waals surface area contributed by atoms with E-state index in [1.165, 1.54) is 7.11 Å². The van der Waals surface area contributed by atoms with Crippen LogP contribution in [0, 0.1) is 5.41 Å². The molecule has 1 atom stereocenters. The molecular weight excluding hydrogens is 370 g/mol. The third kappa shape index (κ3) is 5.92. The van der Waals surface area contributed by atoms with Gasteiger partial charge in [0.05, 0.1) is 13.7 Å². The van der Waals surface area contributed by atoms with Crippen molar-refractivity contribution in [3.8, 4) is 0 Å². The van der Waals surface area contributed by atoms with Crippen molar-refractivity contribution in [3.63, 3.8) is 0 Å². The number of rotatable bonds is 6. The van der Waals surface area contributed by atoms with Gasteiger partial charge < -0.3 is 24.6 Å². The van der Waals surface area contributed by atoms with Crippen LogP contribution in [0.5, 0.6) is 0 Å². The quantitative estimate of drug-likeness (QED) is 0.684. The zero-order valence-electron chi connectivity index (χ0n) is 16.7. The molecule has 2 fully saturated rings. The van der Waals surface area contributed by atoms with Crippen LogP contribution in [0.25, 0.3) is 0 Å². The van der Waals surface area contributed by atoms with E-state index in [-0.39, 0.29) is 23.6 Å².